The Kier molecular flexibility index (Phi) is 6.81. The average molecular weight is 431 g/mol. The highest BCUT2D eigenvalue weighted by atomic mass is 35.5. The van der Waals surface area contributed by atoms with Gasteiger partial charge in [-0.3, -0.25) is 4.79 Å². The van der Waals surface area contributed by atoms with E-state index in [1.807, 2.05) is 0 Å². The molecule has 1 heterocycles. The molecule has 1 aliphatic rings. The number of aliphatic carboxylic acids is 1. The van der Waals surface area contributed by atoms with Crippen LogP contribution in [0, 0.1) is 0 Å². The van der Waals surface area contributed by atoms with Crippen LogP contribution in [-0.4, -0.2) is 23.0 Å². The van der Waals surface area contributed by atoms with Crippen LogP contribution in [0.2, 0.25) is 10.0 Å². The molecular formula is C18H18Cl3N3O3. The van der Waals surface area contributed by atoms with Crippen molar-refractivity contribution < 1.29 is 14.7 Å². The lowest BCUT2D eigenvalue weighted by atomic mass is 9.92. The molecule has 9 heteroatoms. The predicted octanol–water partition coefficient (Wildman–Crippen LogP) is 3.67. The second-order valence-corrected chi connectivity index (χ2v) is 7.00. The highest BCUT2D eigenvalue weighted by molar-refractivity contribution is 6.35. The first-order valence-corrected chi connectivity index (χ1v) is 8.71. The van der Waals surface area contributed by atoms with Crippen LogP contribution in [0.15, 0.2) is 36.4 Å². The topological polar surface area (TPSA) is 104 Å². The van der Waals surface area contributed by atoms with Gasteiger partial charge in [0.15, 0.2) is 0 Å². The van der Waals surface area contributed by atoms with Gasteiger partial charge in [0.1, 0.15) is 6.04 Å². The van der Waals surface area contributed by atoms with Crippen LogP contribution in [0.4, 0.5) is 11.4 Å². The van der Waals surface area contributed by atoms with E-state index in [0.29, 0.717) is 27.0 Å². The van der Waals surface area contributed by atoms with Crippen LogP contribution in [0.1, 0.15) is 23.6 Å². The van der Waals surface area contributed by atoms with Gasteiger partial charge in [0, 0.05) is 33.4 Å². The summed E-state index contributed by atoms with van der Waals surface area (Å²) in [4.78, 5) is 23.9. The second-order valence-electron chi connectivity index (χ2n) is 6.16. The quantitative estimate of drug-likeness (QED) is 0.554. The molecule has 1 aliphatic heterocycles. The van der Waals surface area contributed by atoms with E-state index in [1.165, 1.54) is 0 Å². The van der Waals surface area contributed by atoms with E-state index in [4.69, 9.17) is 28.9 Å². The molecule has 2 aromatic rings. The molecule has 2 unspecified atom stereocenters. The second kappa shape index (κ2) is 8.69. The van der Waals surface area contributed by atoms with Crippen molar-refractivity contribution in [3.63, 3.8) is 0 Å². The lowest BCUT2D eigenvalue weighted by molar-refractivity contribution is -0.138. The summed E-state index contributed by atoms with van der Waals surface area (Å²) < 4.78 is 0. The fraction of sp³-hybridized carbons (Fsp3) is 0.222. The summed E-state index contributed by atoms with van der Waals surface area (Å²) in [5.41, 5.74) is 8.22. The molecule has 0 spiro atoms. The Morgan fingerprint density at radius 1 is 1.22 bits per heavy atom. The van der Waals surface area contributed by atoms with Gasteiger partial charge in [-0.2, -0.15) is 0 Å². The zero-order chi connectivity index (χ0) is 18.8. The van der Waals surface area contributed by atoms with Crippen LogP contribution in [-0.2, 0) is 16.0 Å². The van der Waals surface area contributed by atoms with E-state index >= 15 is 0 Å². The van der Waals surface area contributed by atoms with Gasteiger partial charge in [-0.25, -0.2) is 4.79 Å². The molecule has 3 rings (SSSR count). The van der Waals surface area contributed by atoms with Gasteiger partial charge in [0.05, 0.1) is 12.5 Å². The zero-order valence-electron chi connectivity index (χ0n) is 14.0. The van der Waals surface area contributed by atoms with Crippen molar-refractivity contribution in [1.29, 1.82) is 0 Å². The molecular weight excluding hydrogens is 413 g/mol. The van der Waals surface area contributed by atoms with E-state index in [0.717, 1.165) is 5.56 Å². The number of halogens is 3. The van der Waals surface area contributed by atoms with Crippen molar-refractivity contribution in [3.05, 3.63) is 57.6 Å². The van der Waals surface area contributed by atoms with Gasteiger partial charge in [-0.1, -0.05) is 35.3 Å². The van der Waals surface area contributed by atoms with Crippen molar-refractivity contribution in [2.45, 2.75) is 24.9 Å². The van der Waals surface area contributed by atoms with Crippen molar-refractivity contribution in [2.24, 2.45) is 0 Å². The first kappa shape index (κ1) is 21.2. The lowest BCUT2D eigenvalue weighted by Crippen LogP contribution is -2.41. The zero-order valence-corrected chi connectivity index (χ0v) is 16.4. The van der Waals surface area contributed by atoms with Gasteiger partial charge in [0.2, 0.25) is 5.91 Å². The number of carbonyl (C=O) groups excluding carboxylic acids is 1. The number of anilines is 2. The van der Waals surface area contributed by atoms with E-state index < -0.39 is 18.1 Å². The van der Waals surface area contributed by atoms with Gasteiger partial charge in [-0.05, 0) is 29.8 Å². The predicted molar refractivity (Wildman–Crippen MR) is 109 cm³/mol. The fourth-order valence-corrected chi connectivity index (χ4v) is 3.64. The standard InChI is InChI=1S/C18H17Cl2N3O3.ClH/c19-10-6-12(20)17-13(7-10)22-15(18(25)26)8-14(17)23-16(24)5-9-1-3-11(21)4-2-9;/h1-4,6-7,14-15,22H,5,8,21H2,(H,23,24)(H,25,26);1H. The number of amides is 1. The van der Waals surface area contributed by atoms with Gasteiger partial charge >= 0.3 is 5.97 Å². The number of hydrogen-bond donors (Lipinski definition) is 4. The smallest absolute Gasteiger partial charge is 0.326 e. The summed E-state index contributed by atoms with van der Waals surface area (Å²) in [5, 5.41) is 15.9. The maximum absolute atomic E-state index is 12.5. The molecule has 5 N–H and O–H groups in total. The number of fused-ring (bicyclic) bond motifs is 1. The van der Waals surface area contributed by atoms with E-state index in [2.05, 4.69) is 10.6 Å². The van der Waals surface area contributed by atoms with Crippen LogP contribution in [0.25, 0.3) is 0 Å². The van der Waals surface area contributed by atoms with Crippen molar-refractivity contribution >= 4 is 58.9 Å². The summed E-state index contributed by atoms with van der Waals surface area (Å²) in [6.07, 6.45) is 0.333. The molecule has 0 aliphatic carbocycles. The molecule has 6 nitrogen and oxygen atoms in total. The van der Waals surface area contributed by atoms with Crippen molar-refractivity contribution in [2.75, 3.05) is 11.1 Å². The summed E-state index contributed by atoms with van der Waals surface area (Å²) in [5.74, 6) is -1.24. The number of carboxylic acids is 1. The molecule has 2 aromatic carbocycles. The van der Waals surface area contributed by atoms with E-state index in [1.54, 1.807) is 36.4 Å². The van der Waals surface area contributed by atoms with Crippen LogP contribution in [0.3, 0.4) is 0 Å². The van der Waals surface area contributed by atoms with E-state index in [-0.39, 0.29) is 31.2 Å². The number of carboxylic acid groups (broad SMARTS) is 1. The number of nitrogen functional groups attached to an aromatic ring is 1. The number of rotatable bonds is 4. The van der Waals surface area contributed by atoms with Gasteiger partial charge in [0.25, 0.3) is 0 Å². The summed E-state index contributed by atoms with van der Waals surface area (Å²) in [6.45, 7) is 0. The SMILES string of the molecule is Cl.Nc1ccc(CC(=O)NC2CC(C(=O)O)Nc3cc(Cl)cc(Cl)c32)cc1. The summed E-state index contributed by atoms with van der Waals surface area (Å²) in [6, 6.07) is 8.80. The highest BCUT2D eigenvalue weighted by Gasteiger charge is 2.33. The first-order chi connectivity index (χ1) is 12.3. The molecule has 0 aromatic heterocycles. The molecule has 0 saturated heterocycles. The Hall–Kier alpha value is -2.15. The van der Waals surface area contributed by atoms with Crippen molar-refractivity contribution in [1.82, 2.24) is 5.32 Å². The van der Waals surface area contributed by atoms with Crippen molar-refractivity contribution in [3.8, 4) is 0 Å². The first-order valence-electron chi connectivity index (χ1n) is 7.95. The molecule has 27 heavy (non-hydrogen) atoms. The third-order valence-electron chi connectivity index (χ3n) is 4.22. The summed E-state index contributed by atoms with van der Waals surface area (Å²) >= 11 is 12.3. The third-order valence-corrected chi connectivity index (χ3v) is 4.75. The van der Waals surface area contributed by atoms with Gasteiger partial charge in [-0.15, -0.1) is 12.4 Å². The molecule has 2 atom stereocenters. The maximum Gasteiger partial charge on any atom is 0.326 e. The number of carbonyl (C=O) groups is 2. The Balaban J connectivity index is 0.00000261. The monoisotopic (exact) mass is 429 g/mol. The molecule has 0 radical (unpaired) electrons. The number of hydrogen-bond acceptors (Lipinski definition) is 4. The van der Waals surface area contributed by atoms with E-state index in [9.17, 15) is 14.7 Å². The molecule has 0 bridgehead atoms. The Labute approximate surface area is 172 Å². The minimum Gasteiger partial charge on any atom is -0.480 e. The Bertz CT molecular complexity index is 859. The van der Waals surface area contributed by atoms with Crippen LogP contribution < -0.4 is 16.4 Å². The van der Waals surface area contributed by atoms with Crippen LogP contribution in [0.5, 0.6) is 0 Å². The summed E-state index contributed by atoms with van der Waals surface area (Å²) in [7, 11) is 0. The maximum atomic E-state index is 12.5. The molecule has 0 saturated carbocycles. The van der Waals surface area contributed by atoms with Crippen LogP contribution >= 0.6 is 35.6 Å². The molecule has 0 fully saturated rings. The molecule has 1 amide bonds. The lowest BCUT2D eigenvalue weighted by Gasteiger charge is -2.32. The highest BCUT2D eigenvalue weighted by Crippen LogP contribution is 2.39. The number of benzene rings is 2. The fourth-order valence-electron chi connectivity index (χ4n) is 3.02. The Morgan fingerprint density at radius 2 is 1.89 bits per heavy atom. The number of nitrogens with two attached hydrogens (primary N) is 1. The minimum absolute atomic E-state index is 0. The largest absolute Gasteiger partial charge is 0.480 e. The molecule has 144 valence electrons. The average Bonchev–Trinajstić information content (AvgIpc) is 2.55. The third kappa shape index (κ3) is 4.97. The normalized spacial score (nSPS) is 17.9. The van der Waals surface area contributed by atoms with Gasteiger partial charge < -0.3 is 21.5 Å². The Morgan fingerprint density at radius 3 is 2.52 bits per heavy atom. The minimum atomic E-state index is -1.01. The number of nitrogens with one attached hydrogen (secondary N) is 2.